The summed E-state index contributed by atoms with van der Waals surface area (Å²) in [6, 6.07) is 9.50. The van der Waals surface area contributed by atoms with Crippen molar-refractivity contribution in [3.63, 3.8) is 0 Å². The van der Waals surface area contributed by atoms with Gasteiger partial charge in [-0.3, -0.25) is 4.84 Å². The quantitative estimate of drug-likeness (QED) is 0.326. The molecule has 2 bridgehead atoms. The van der Waals surface area contributed by atoms with Gasteiger partial charge in [0.05, 0.1) is 18.3 Å². The summed E-state index contributed by atoms with van der Waals surface area (Å²) < 4.78 is 12.3. The molecule has 0 saturated carbocycles. The van der Waals surface area contributed by atoms with Gasteiger partial charge >= 0.3 is 5.97 Å². The Labute approximate surface area is 183 Å². The van der Waals surface area contributed by atoms with Crippen LogP contribution in [0.15, 0.2) is 30.3 Å². The van der Waals surface area contributed by atoms with E-state index in [2.05, 4.69) is 52.8 Å². The normalized spacial score (nSPS) is 31.6. The van der Waals surface area contributed by atoms with E-state index in [1.54, 1.807) is 12.1 Å². The van der Waals surface area contributed by atoms with Crippen LogP contribution in [0.25, 0.3) is 0 Å². The fraction of sp³-hybridized carbons (Fsp3) is 0.708. The van der Waals surface area contributed by atoms with Crippen LogP contribution in [0.1, 0.15) is 64.2 Å². The van der Waals surface area contributed by atoms with E-state index in [-0.39, 0.29) is 22.7 Å². The van der Waals surface area contributed by atoms with E-state index in [1.807, 2.05) is 18.2 Å². The summed E-state index contributed by atoms with van der Waals surface area (Å²) >= 11 is 0. The molecule has 2 heterocycles. The van der Waals surface area contributed by atoms with Crippen molar-refractivity contribution in [1.29, 1.82) is 0 Å². The molecule has 2 fully saturated rings. The highest BCUT2D eigenvalue weighted by Gasteiger charge is 2.58. The van der Waals surface area contributed by atoms with Gasteiger partial charge in [0.1, 0.15) is 5.60 Å². The SMILES string of the molecule is C[C@@H]1[C@@H](CCCOC(=O)c2ccccc2)N2CC[C@@H](O[Si](C)(C)C(C)(C)C)[C@]1(C)O2. The molecule has 0 radical (unpaired) electrons. The number of hydrogen-bond acceptors (Lipinski definition) is 5. The number of ether oxygens (including phenoxy) is 1. The van der Waals surface area contributed by atoms with Crippen LogP contribution in [0, 0.1) is 5.92 Å². The summed E-state index contributed by atoms with van der Waals surface area (Å²) in [7, 11) is -1.86. The van der Waals surface area contributed by atoms with E-state index < -0.39 is 8.32 Å². The number of rotatable bonds is 7. The predicted molar refractivity (Wildman–Crippen MR) is 122 cm³/mol. The Kier molecular flexibility index (Phi) is 6.82. The third-order valence-corrected chi connectivity index (χ3v) is 12.0. The molecule has 168 valence electrons. The van der Waals surface area contributed by atoms with Gasteiger partial charge in [0.25, 0.3) is 0 Å². The molecule has 0 aliphatic carbocycles. The minimum Gasteiger partial charge on any atom is -0.462 e. The van der Waals surface area contributed by atoms with E-state index >= 15 is 0 Å². The summed E-state index contributed by atoms with van der Waals surface area (Å²) in [5.74, 6) is 0.111. The molecule has 2 saturated heterocycles. The maximum atomic E-state index is 12.1. The zero-order chi connectivity index (χ0) is 22.2. The van der Waals surface area contributed by atoms with Gasteiger partial charge in [-0.25, -0.2) is 4.79 Å². The molecule has 0 amide bonds. The first-order chi connectivity index (χ1) is 14.0. The van der Waals surface area contributed by atoms with Gasteiger partial charge in [0, 0.05) is 18.5 Å². The monoisotopic (exact) mass is 433 g/mol. The molecule has 2 aliphatic heterocycles. The third-order valence-electron chi connectivity index (χ3n) is 7.55. The number of benzene rings is 1. The highest BCUT2D eigenvalue weighted by molar-refractivity contribution is 6.74. The summed E-state index contributed by atoms with van der Waals surface area (Å²) in [5, 5.41) is 2.35. The largest absolute Gasteiger partial charge is 0.462 e. The van der Waals surface area contributed by atoms with Crippen LogP contribution in [-0.4, -0.2) is 50.2 Å². The molecular weight excluding hydrogens is 394 g/mol. The molecule has 0 spiro atoms. The number of carbonyl (C=O) groups excluding carboxylic acids is 1. The van der Waals surface area contributed by atoms with E-state index in [0.717, 1.165) is 25.8 Å². The highest BCUT2D eigenvalue weighted by Crippen LogP contribution is 2.48. The molecular formula is C24H39NO4Si. The maximum Gasteiger partial charge on any atom is 0.338 e. The Bertz CT molecular complexity index is 732. The average Bonchev–Trinajstić information content (AvgIpc) is 2.88. The molecule has 5 nitrogen and oxygen atoms in total. The fourth-order valence-corrected chi connectivity index (χ4v) is 5.76. The van der Waals surface area contributed by atoms with Gasteiger partial charge < -0.3 is 9.16 Å². The zero-order valence-electron chi connectivity index (χ0n) is 19.7. The smallest absolute Gasteiger partial charge is 0.338 e. The molecule has 30 heavy (non-hydrogen) atoms. The lowest BCUT2D eigenvalue weighted by Gasteiger charge is -2.46. The topological polar surface area (TPSA) is 48.0 Å². The second-order valence-electron chi connectivity index (χ2n) is 10.6. The first kappa shape index (κ1) is 23.5. The number of carbonyl (C=O) groups is 1. The van der Waals surface area contributed by atoms with Crippen molar-refractivity contribution in [1.82, 2.24) is 5.06 Å². The van der Waals surface area contributed by atoms with Crippen molar-refractivity contribution in [3.8, 4) is 0 Å². The summed E-state index contributed by atoms with van der Waals surface area (Å²) in [5.41, 5.74) is 0.312. The van der Waals surface area contributed by atoms with E-state index in [4.69, 9.17) is 14.0 Å². The average molecular weight is 434 g/mol. The van der Waals surface area contributed by atoms with Crippen LogP contribution in [0.2, 0.25) is 18.1 Å². The second kappa shape index (κ2) is 8.73. The van der Waals surface area contributed by atoms with Gasteiger partial charge in [-0.15, -0.1) is 0 Å². The van der Waals surface area contributed by atoms with Crippen molar-refractivity contribution in [2.45, 2.75) is 89.8 Å². The number of hydrogen-bond donors (Lipinski definition) is 0. The van der Waals surface area contributed by atoms with Crippen LogP contribution < -0.4 is 0 Å². The van der Waals surface area contributed by atoms with Gasteiger partial charge in [-0.2, -0.15) is 5.06 Å². The van der Waals surface area contributed by atoms with Crippen LogP contribution in [0.3, 0.4) is 0 Å². The van der Waals surface area contributed by atoms with Crippen molar-refractivity contribution >= 4 is 14.3 Å². The van der Waals surface area contributed by atoms with E-state index in [0.29, 0.717) is 24.1 Å². The fourth-order valence-electron chi connectivity index (χ4n) is 4.35. The highest BCUT2D eigenvalue weighted by atomic mass is 28.4. The van der Waals surface area contributed by atoms with Gasteiger partial charge in [-0.05, 0) is 56.5 Å². The van der Waals surface area contributed by atoms with Crippen LogP contribution in [0.5, 0.6) is 0 Å². The Balaban J connectivity index is 1.55. The molecule has 1 unspecified atom stereocenters. The molecule has 6 heteroatoms. The van der Waals surface area contributed by atoms with Crippen LogP contribution in [0.4, 0.5) is 0 Å². The Hall–Kier alpha value is -1.21. The number of fused-ring (bicyclic) bond motifs is 2. The first-order valence-electron chi connectivity index (χ1n) is 11.3. The van der Waals surface area contributed by atoms with Crippen LogP contribution >= 0.6 is 0 Å². The summed E-state index contributed by atoms with van der Waals surface area (Å²) in [4.78, 5) is 18.6. The predicted octanol–water partition coefficient (Wildman–Crippen LogP) is 5.43. The molecule has 3 rings (SSSR count). The maximum absolute atomic E-state index is 12.1. The Morgan fingerprint density at radius 1 is 1.27 bits per heavy atom. The zero-order valence-corrected chi connectivity index (χ0v) is 20.7. The molecule has 2 aliphatic rings. The summed E-state index contributed by atoms with van der Waals surface area (Å²) in [6.07, 6.45) is 2.92. The molecule has 0 aromatic heterocycles. The van der Waals surface area contributed by atoms with Gasteiger partial charge in [0.2, 0.25) is 0 Å². The van der Waals surface area contributed by atoms with E-state index in [9.17, 15) is 4.79 Å². The third kappa shape index (κ3) is 4.67. The minimum atomic E-state index is -1.86. The summed E-state index contributed by atoms with van der Waals surface area (Å²) in [6.45, 7) is 17.3. The van der Waals surface area contributed by atoms with Crippen molar-refractivity contribution in [3.05, 3.63) is 35.9 Å². The Morgan fingerprint density at radius 2 is 1.93 bits per heavy atom. The molecule has 5 atom stereocenters. The van der Waals surface area contributed by atoms with Crippen molar-refractivity contribution in [2.75, 3.05) is 13.2 Å². The Morgan fingerprint density at radius 3 is 2.57 bits per heavy atom. The standard InChI is InChI=1S/C24H39NO4Si/c1-18-20(14-11-17-27-22(26)19-12-9-8-10-13-19)25-16-15-21(24(18,5)29-25)28-30(6,7)23(2,3)4/h8-10,12-13,18,20-21H,11,14-17H2,1-7H3/t18-,20-,21-,24-/m1/s1. The first-order valence-corrected chi connectivity index (χ1v) is 14.2. The lowest BCUT2D eigenvalue weighted by Crippen LogP contribution is -2.55. The number of hydroxylamine groups is 2. The van der Waals surface area contributed by atoms with E-state index in [1.165, 1.54) is 0 Å². The molecule has 1 aromatic carbocycles. The second-order valence-corrected chi connectivity index (χ2v) is 15.3. The van der Waals surface area contributed by atoms with Crippen molar-refractivity contribution < 1.29 is 18.8 Å². The number of nitrogens with zero attached hydrogens (tertiary/aromatic N) is 1. The minimum absolute atomic E-state index is 0.130. The van der Waals surface area contributed by atoms with Gasteiger partial charge in [-0.1, -0.05) is 45.9 Å². The van der Waals surface area contributed by atoms with Gasteiger partial charge in [0.15, 0.2) is 8.32 Å². The van der Waals surface area contributed by atoms with Crippen molar-refractivity contribution in [2.24, 2.45) is 5.92 Å². The molecule has 1 aromatic rings. The lowest BCUT2D eigenvalue weighted by atomic mass is 9.81. The molecule has 0 N–H and O–H groups in total. The number of esters is 1. The van der Waals surface area contributed by atoms with Crippen LogP contribution in [-0.2, 0) is 14.0 Å². The lowest BCUT2D eigenvalue weighted by molar-refractivity contribution is -0.258.